The van der Waals surface area contributed by atoms with Crippen LogP contribution in [-0.4, -0.2) is 35.1 Å². The van der Waals surface area contributed by atoms with Gasteiger partial charge < -0.3 is 15.0 Å². The van der Waals surface area contributed by atoms with E-state index in [4.69, 9.17) is 4.74 Å². The molecular weight excluding hydrogens is 304 g/mol. The van der Waals surface area contributed by atoms with E-state index in [2.05, 4.69) is 5.32 Å². The van der Waals surface area contributed by atoms with Gasteiger partial charge >= 0.3 is 6.09 Å². The van der Waals surface area contributed by atoms with Crippen molar-refractivity contribution in [1.29, 1.82) is 0 Å². The van der Waals surface area contributed by atoms with Crippen LogP contribution in [-0.2, 0) is 16.1 Å². The highest BCUT2D eigenvalue weighted by Gasteiger charge is 2.29. The summed E-state index contributed by atoms with van der Waals surface area (Å²) in [4.78, 5) is 26.7. The number of likely N-dealkylation sites (tertiary alicyclic amines) is 1. The van der Waals surface area contributed by atoms with Crippen LogP contribution in [0, 0.1) is 0 Å². The van der Waals surface area contributed by atoms with Gasteiger partial charge in [0.05, 0.1) is 0 Å². The van der Waals surface area contributed by atoms with E-state index < -0.39 is 17.7 Å². The number of ether oxygens (including phenoxy) is 1. The molecule has 2 amide bonds. The molecule has 1 aliphatic rings. The van der Waals surface area contributed by atoms with E-state index in [0.717, 1.165) is 31.4 Å². The van der Waals surface area contributed by atoms with Crippen molar-refractivity contribution in [2.45, 2.75) is 64.6 Å². The summed E-state index contributed by atoms with van der Waals surface area (Å²) in [6.07, 6.45) is 3.12. The maximum absolute atomic E-state index is 12.9. The quantitative estimate of drug-likeness (QED) is 0.922. The van der Waals surface area contributed by atoms with Crippen molar-refractivity contribution in [2.75, 3.05) is 6.54 Å². The van der Waals surface area contributed by atoms with Gasteiger partial charge in [-0.15, -0.1) is 0 Å². The van der Waals surface area contributed by atoms with E-state index in [9.17, 15) is 9.59 Å². The number of amides is 2. The first-order valence-corrected chi connectivity index (χ1v) is 8.67. The number of alkyl carbamates (subject to hydrolysis) is 1. The lowest BCUT2D eigenvalue weighted by atomic mass is 10.0. The summed E-state index contributed by atoms with van der Waals surface area (Å²) in [6, 6.07) is 9.43. The summed E-state index contributed by atoms with van der Waals surface area (Å²) < 4.78 is 5.29. The zero-order chi connectivity index (χ0) is 17.6. The Bertz CT molecular complexity index is 551. The molecule has 0 spiro atoms. The molecule has 1 aromatic carbocycles. The van der Waals surface area contributed by atoms with Crippen LogP contribution in [0.2, 0.25) is 0 Å². The Hall–Kier alpha value is -2.04. The van der Waals surface area contributed by atoms with Gasteiger partial charge in [0.25, 0.3) is 0 Å². The number of hydrogen-bond acceptors (Lipinski definition) is 3. The van der Waals surface area contributed by atoms with Crippen LogP contribution in [0.1, 0.15) is 52.0 Å². The molecule has 2 rings (SSSR count). The fourth-order valence-electron chi connectivity index (χ4n) is 2.83. The van der Waals surface area contributed by atoms with Gasteiger partial charge in [0.1, 0.15) is 11.6 Å². The predicted molar refractivity (Wildman–Crippen MR) is 93.5 cm³/mol. The minimum Gasteiger partial charge on any atom is -0.444 e. The number of nitrogens with zero attached hydrogens (tertiary/aromatic N) is 1. The Morgan fingerprint density at radius 3 is 2.58 bits per heavy atom. The third-order valence-electron chi connectivity index (χ3n) is 3.94. The highest BCUT2D eigenvalue weighted by molar-refractivity contribution is 5.85. The summed E-state index contributed by atoms with van der Waals surface area (Å²) in [6.45, 7) is 6.74. The number of benzene rings is 1. The molecule has 0 aromatic heterocycles. The molecule has 0 saturated carbocycles. The maximum atomic E-state index is 12.9. The SMILES string of the molecule is CC(C)(C)OC(=O)NC1CCCCCN(Cc2ccccc2)C1=O. The Morgan fingerprint density at radius 2 is 1.92 bits per heavy atom. The molecule has 1 N–H and O–H groups in total. The second kappa shape index (κ2) is 8.18. The van der Waals surface area contributed by atoms with E-state index in [1.165, 1.54) is 0 Å². The van der Waals surface area contributed by atoms with Gasteiger partial charge in [-0.1, -0.05) is 43.2 Å². The van der Waals surface area contributed by atoms with Crippen molar-refractivity contribution in [3.05, 3.63) is 35.9 Å². The van der Waals surface area contributed by atoms with E-state index >= 15 is 0 Å². The molecule has 1 aliphatic heterocycles. The van der Waals surface area contributed by atoms with Gasteiger partial charge in [-0.05, 0) is 39.2 Å². The fraction of sp³-hybridized carbons (Fsp3) is 0.579. The molecule has 1 saturated heterocycles. The highest BCUT2D eigenvalue weighted by Crippen LogP contribution is 2.16. The Balaban J connectivity index is 2.03. The average Bonchev–Trinajstić information content (AvgIpc) is 2.49. The van der Waals surface area contributed by atoms with Gasteiger partial charge in [0.15, 0.2) is 0 Å². The second-order valence-corrected chi connectivity index (χ2v) is 7.29. The Kier molecular flexibility index (Phi) is 6.23. The molecule has 1 fully saturated rings. The lowest BCUT2D eigenvalue weighted by molar-refractivity contribution is -0.134. The van der Waals surface area contributed by atoms with Crippen molar-refractivity contribution < 1.29 is 14.3 Å². The standard InChI is InChI=1S/C19H28N2O3/c1-19(2,3)24-18(23)20-16-12-8-5-9-13-21(17(16)22)14-15-10-6-4-7-11-15/h4,6-7,10-11,16H,5,8-9,12-14H2,1-3H3,(H,20,23). The number of hydrogen-bond donors (Lipinski definition) is 1. The van der Waals surface area contributed by atoms with E-state index in [0.29, 0.717) is 13.0 Å². The van der Waals surface area contributed by atoms with E-state index in [1.807, 2.05) is 56.0 Å². The zero-order valence-electron chi connectivity index (χ0n) is 14.9. The molecule has 1 atom stereocenters. The van der Waals surface area contributed by atoms with E-state index in [1.54, 1.807) is 0 Å². The molecule has 5 nitrogen and oxygen atoms in total. The predicted octanol–water partition coefficient (Wildman–Crippen LogP) is 3.48. The smallest absolute Gasteiger partial charge is 0.408 e. The number of carbonyl (C=O) groups excluding carboxylic acids is 2. The second-order valence-electron chi connectivity index (χ2n) is 7.29. The van der Waals surface area contributed by atoms with Gasteiger partial charge in [-0.2, -0.15) is 0 Å². The van der Waals surface area contributed by atoms with Crippen LogP contribution in [0.15, 0.2) is 30.3 Å². The number of nitrogens with one attached hydrogen (secondary N) is 1. The van der Waals surface area contributed by atoms with Crippen molar-refractivity contribution in [2.24, 2.45) is 0 Å². The minimum absolute atomic E-state index is 0.0237. The molecule has 1 heterocycles. The van der Waals surface area contributed by atoms with Crippen molar-refractivity contribution >= 4 is 12.0 Å². The van der Waals surface area contributed by atoms with Crippen LogP contribution in [0.5, 0.6) is 0 Å². The molecule has 24 heavy (non-hydrogen) atoms. The van der Waals surface area contributed by atoms with Crippen LogP contribution in [0.4, 0.5) is 4.79 Å². The van der Waals surface area contributed by atoms with Crippen LogP contribution >= 0.6 is 0 Å². The third-order valence-corrected chi connectivity index (χ3v) is 3.94. The molecule has 0 aliphatic carbocycles. The molecular formula is C19H28N2O3. The number of rotatable bonds is 3. The highest BCUT2D eigenvalue weighted by atomic mass is 16.6. The largest absolute Gasteiger partial charge is 0.444 e. The topological polar surface area (TPSA) is 58.6 Å². The monoisotopic (exact) mass is 332 g/mol. The summed E-state index contributed by atoms with van der Waals surface area (Å²) >= 11 is 0. The maximum Gasteiger partial charge on any atom is 0.408 e. The minimum atomic E-state index is -0.571. The molecule has 132 valence electrons. The van der Waals surface area contributed by atoms with Crippen LogP contribution in [0.25, 0.3) is 0 Å². The Morgan fingerprint density at radius 1 is 1.21 bits per heavy atom. The van der Waals surface area contributed by atoms with Gasteiger partial charge in [0, 0.05) is 13.1 Å². The van der Waals surface area contributed by atoms with Gasteiger partial charge in [-0.25, -0.2) is 4.79 Å². The molecule has 0 bridgehead atoms. The first-order chi connectivity index (χ1) is 11.3. The summed E-state index contributed by atoms with van der Waals surface area (Å²) in [7, 11) is 0. The zero-order valence-corrected chi connectivity index (χ0v) is 14.9. The summed E-state index contributed by atoms with van der Waals surface area (Å²) in [5.41, 5.74) is 0.529. The normalized spacial score (nSPS) is 19.4. The van der Waals surface area contributed by atoms with Crippen molar-refractivity contribution in [3.63, 3.8) is 0 Å². The van der Waals surface area contributed by atoms with Crippen molar-refractivity contribution in [1.82, 2.24) is 10.2 Å². The molecule has 1 aromatic rings. The van der Waals surface area contributed by atoms with Gasteiger partial charge in [0.2, 0.25) is 5.91 Å². The third kappa shape index (κ3) is 5.87. The average molecular weight is 332 g/mol. The molecule has 0 radical (unpaired) electrons. The lowest BCUT2D eigenvalue weighted by Gasteiger charge is -2.31. The summed E-state index contributed by atoms with van der Waals surface area (Å²) in [5, 5.41) is 2.76. The molecule has 5 heteroatoms. The van der Waals surface area contributed by atoms with Crippen LogP contribution < -0.4 is 5.32 Å². The Labute approximate surface area is 144 Å². The van der Waals surface area contributed by atoms with Gasteiger partial charge in [-0.3, -0.25) is 4.79 Å². The van der Waals surface area contributed by atoms with E-state index in [-0.39, 0.29) is 5.91 Å². The fourth-order valence-corrected chi connectivity index (χ4v) is 2.83. The molecule has 1 unspecified atom stereocenters. The van der Waals surface area contributed by atoms with Crippen LogP contribution in [0.3, 0.4) is 0 Å². The van der Waals surface area contributed by atoms with Crippen molar-refractivity contribution in [3.8, 4) is 0 Å². The number of carbonyl (C=O) groups is 2. The lowest BCUT2D eigenvalue weighted by Crippen LogP contribution is -2.50. The first kappa shape index (κ1) is 18.3. The summed E-state index contributed by atoms with van der Waals surface area (Å²) in [5.74, 6) is -0.0237. The first-order valence-electron chi connectivity index (χ1n) is 8.67.